The molecule has 0 amide bonds. The second-order valence-electron chi connectivity index (χ2n) is 3.80. The Hall–Kier alpha value is -0.370. The average molecular weight is 155 g/mol. The minimum atomic E-state index is 0.122. The summed E-state index contributed by atoms with van der Waals surface area (Å²) in [6, 6.07) is 0.122. The Balaban J connectivity index is 2.50. The second-order valence-corrected chi connectivity index (χ2v) is 3.80. The maximum Gasteiger partial charge on any atom is 0.134 e. The zero-order chi connectivity index (χ0) is 8.43. The molecule has 11 heavy (non-hydrogen) atoms. The number of nitrogens with two attached hydrogens (primary N) is 1. The molecule has 0 bridgehead atoms. The minimum Gasteiger partial charge on any atom is -0.327 e. The number of Topliss-reactive ketones (excluding diaryl/α,β-unsaturated/α-hetero) is 1. The van der Waals surface area contributed by atoms with Crippen LogP contribution < -0.4 is 5.73 Å². The van der Waals surface area contributed by atoms with Gasteiger partial charge in [-0.05, 0) is 32.1 Å². The topological polar surface area (TPSA) is 43.1 Å². The smallest absolute Gasteiger partial charge is 0.134 e. The van der Waals surface area contributed by atoms with Crippen LogP contribution in [0.3, 0.4) is 0 Å². The van der Waals surface area contributed by atoms with Gasteiger partial charge in [0.2, 0.25) is 0 Å². The molecule has 1 aliphatic rings. The van der Waals surface area contributed by atoms with E-state index in [1.807, 2.05) is 0 Å². The molecule has 0 aliphatic heterocycles. The van der Waals surface area contributed by atoms with Crippen LogP contribution in [0.4, 0.5) is 0 Å². The van der Waals surface area contributed by atoms with Crippen molar-refractivity contribution >= 4 is 5.78 Å². The first-order valence-corrected chi connectivity index (χ1v) is 4.37. The molecular weight excluding hydrogens is 138 g/mol. The summed E-state index contributed by atoms with van der Waals surface area (Å²) in [5.41, 5.74) is 5.85. The first kappa shape index (κ1) is 8.72. The molecule has 1 saturated carbocycles. The SMILES string of the molecule is CC(=O)[C@H]1CC[C@@H](C)C[C@H]1N. The lowest BCUT2D eigenvalue weighted by Crippen LogP contribution is -2.39. The summed E-state index contributed by atoms with van der Waals surface area (Å²) in [4.78, 5) is 11.0. The number of carbonyl (C=O) groups excluding carboxylic acids is 1. The average Bonchev–Trinajstić information content (AvgIpc) is 1.85. The van der Waals surface area contributed by atoms with Crippen molar-refractivity contribution in [3.05, 3.63) is 0 Å². The highest BCUT2D eigenvalue weighted by atomic mass is 16.1. The maximum absolute atomic E-state index is 11.0. The molecule has 0 spiro atoms. The second kappa shape index (κ2) is 3.35. The van der Waals surface area contributed by atoms with Gasteiger partial charge in [0.15, 0.2) is 0 Å². The Morgan fingerprint density at radius 2 is 2.09 bits per heavy atom. The summed E-state index contributed by atoms with van der Waals surface area (Å²) in [5.74, 6) is 1.12. The fraction of sp³-hybridized carbons (Fsp3) is 0.889. The predicted molar refractivity (Wildman–Crippen MR) is 45.2 cm³/mol. The van der Waals surface area contributed by atoms with Crippen LogP contribution in [0.2, 0.25) is 0 Å². The molecule has 1 rings (SSSR count). The van der Waals surface area contributed by atoms with Crippen molar-refractivity contribution in [1.29, 1.82) is 0 Å². The number of ketones is 1. The molecule has 0 radical (unpaired) electrons. The fourth-order valence-electron chi connectivity index (χ4n) is 1.93. The Kier molecular flexibility index (Phi) is 2.66. The number of hydrogen-bond donors (Lipinski definition) is 1. The van der Waals surface area contributed by atoms with E-state index in [0.29, 0.717) is 5.92 Å². The van der Waals surface area contributed by atoms with E-state index in [2.05, 4.69) is 6.92 Å². The van der Waals surface area contributed by atoms with E-state index in [0.717, 1.165) is 19.3 Å². The van der Waals surface area contributed by atoms with Crippen molar-refractivity contribution in [1.82, 2.24) is 0 Å². The van der Waals surface area contributed by atoms with Crippen LogP contribution in [-0.4, -0.2) is 11.8 Å². The van der Waals surface area contributed by atoms with Crippen molar-refractivity contribution in [3.63, 3.8) is 0 Å². The van der Waals surface area contributed by atoms with Crippen molar-refractivity contribution in [2.75, 3.05) is 0 Å². The van der Waals surface area contributed by atoms with E-state index in [4.69, 9.17) is 5.73 Å². The van der Waals surface area contributed by atoms with E-state index in [-0.39, 0.29) is 17.7 Å². The Bertz CT molecular complexity index is 156. The first-order chi connectivity index (χ1) is 5.11. The first-order valence-electron chi connectivity index (χ1n) is 4.37. The number of hydrogen-bond acceptors (Lipinski definition) is 2. The van der Waals surface area contributed by atoms with Crippen molar-refractivity contribution in [2.45, 2.75) is 39.2 Å². The van der Waals surface area contributed by atoms with Gasteiger partial charge in [-0.2, -0.15) is 0 Å². The van der Waals surface area contributed by atoms with E-state index in [9.17, 15) is 4.79 Å². The highest BCUT2D eigenvalue weighted by Gasteiger charge is 2.28. The molecule has 0 heterocycles. The predicted octanol–water partition coefficient (Wildman–Crippen LogP) is 1.34. The minimum absolute atomic E-state index is 0.122. The molecule has 0 aromatic rings. The molecule has 2 N–H and O–H groups in total. The molecule has 64 valence electrons. The van der Waals surface area contributed by atoms with Crippen LogP contribution >= 0.6 is 0 Å². The van der Waals surface area contributed by atoms with Crippen molar-refractivity contribution in [3.8, 4) is 0 Å². The van der Waals surface area contributed by atoms with Crippen molar-refractivity contribution < 1.29 is 4.79 Å². The number of rotatable bonds is 1. The molecule has 0 saturated heterocycles. The van der Waals surface area contributed by atoms with Gasteiger partial charge in [0.1, 0.15) is 5.78 Å². The quantitative estimate of drug-likeness (QED) is 0.621. The summed E-state index contributed by atoms with van der Waals surface area (Å²) in [5, 5.41) is 0. The molecule has 2 heteroatoms. The lowest BCUT2D eigenvalue weighted by molar-refractivity contribution is -0.122. The summed E-state index contributed by atoms with van der Waals surface area (Å²) in [6.07, 6.45) is 3.18. The van der Waals surface area contributed by atoms with Gasteiger partial charge in [0.05, 0.1) is 0 Å². The van der Waals surface area contributed by atoms with Crippen molar-refractivity contribution in [2.24, 2.45) is 17.6 Å². The normalized spacial score (nSPS) is 38.6. The standard InChI is InChI=1S/C9H17NO/c1-6-3-4-8(7(2)11)9(10)5-6/h6,8-9H,3-5,10H2,1-2H3/t6-,8-,9-/m1/s1. The van der Waals surface area contributed by atoms with Crippen LogP contribution in [0.1, 0.15) is 33.1 Å². The van der Waals surface area contributed by atoms with E-state index in [1.54, 1.807) is 6.92 Å². The van der Waals surface area contributed by atoms with Gasteiger partial charge < -0.3 is 5.73 Å². The molecular formula is C9H17NO. The van der Waals surface area contributed by atoms with Gasteiger partial charge in [0, 0.05) is 12.0 Å². The third-order valence-corrected chi connectivity index (χ3v) is 2.68. The van der Waals surface area contributed by atoms with Crippen LogP contribution in [0, 0.1) is 11.8 Å². The summed E-state index contributed by atoms with van der Waals surface area (Å²) >= 11 is 0. The Morgan fingerprint density at radius 1 is 1.45 bits per heavy atom. The highest BCUT2D eigenvalue weighted by molar-refractivity contribution is 5.79. The van der Waals surface area contributed by atoms with Crippen LogP contribution in [0.25, 0.3) is 0 Å². The van der Waals surface area contributed by atoms with E-state index < -0.39 is 0 Å². The largest absolute Gasteiger partial charge is 0.327 e. The van der Waals surface area contributed by atoms with Gasteiger partial charge in [-0.3, -0.25) is 4.79 Å². The Labute approximate surface area is 68.2 Å². The van der Waals surface area contributed by atoms with E-state index in [1.165, 1.54) is 0 Å². The lowest BCUT2D eigenvalue weighted by atomic mass is 9.78. The molecule has 1 fully saturated rings. The van der Waals surface area contributed by atoms with Gasteiger partial charge in [-0.25, -0.2) is 0 Å². The van der Waals surface area contributed by atoms with Gasteiger partial charge in [0.25, 0.3) is 0 Å². The number of carbonyl (C=O) groups is 1. The van der Waals surface area contributed by atoms with Gasteiger partial charge in [-0.15, -0.1) is 0 Å². The maximum atomic E-state index is 11.0. The molecule has 0 aromatic carbocycles. The summed E-state index contributed by atoms with van der Waals surface area (Å²) < 4.78 is 0. The molecule has 3 atom stereocenters. The third-order valence-electron chi connectivity index (χ3n) is 2.68. The van der Waals surface area contributed by atoms with E-state index >= 15 is 0 Å². The zero-order valence-corrected chi connectivity index (χ0v) is 7.34. The molecule has 1 aliphatic carbocycles. The Morgan fingerprint density at radius 3 is 2.55 bits per heavy atom. The third kappa shape index (κ3) is 2.03. The van der Waals surface area contributed by atoms with Crippen LogP contribution in [-0.2, 0) is 4.79 Å². The summed E-state index contributed by atoms with van der Waals surface area (Å²) in [6.45, 7) is 3.86. The monoisotopic (exact) mass is 155 g/mol. The molecule has 0 unspecified atom stereocenters. The van der Waals surface area contributed by atoms with Gasteiger partial charge >= 0.3 is 0 Å². The fourth-order valence-corrected chi connectivity index (χ4v) is 1.93. The highest BCUT2D eigenvalue weighted by Crippen LogP contribution is 2.27. The lowest BCUT2D eigenvalue weighted by Gasteiger charge is -2.30. The van der Waals surface area contributed by atoms with Gasteiger partial charge in [-0.1, -0.05) is 6.92 Å². The van der Waals surface area contributed by atoms with Crippen LogP contribution in [0.5, 0.6) is 0 Å². The van der Waals surface area contributed by atoms with Crippen LogP contribution in [0.15, 0.2) is 0 Å². The zero-order valence-electron chi connectivity index (χ0n) is 7.34. The molecule has 0 aromatic heterocycles. The molecule has 2 nitrogen and oxygen atoms in total. The summed E-state index contributed by atoms with van der Waals surface area (Å²) in [7, 11) is 0.